The lowest BCUT2D eigenvalue weighted by molar-refractivity contribution is -0.168. The topological polar surface area (TPSA) is 55.9 Å². The third kappa shape index (κ3) is 4.55. The van der Waals surface area contributed by atoms with Crippen LogP contribution >= 0.6 is 0 Å². The van der Waals surface area contributed by atoms with Gasteiger partial charge in [0, 0.05) is 12.5 Å². The van der Waals surface area contributed by atoms with Gasteiger partial charge >= 0.3 is 0 Å². The lowest BCUT2D eigenvalue weighted by atomic mass is 9.90. The highest BCUT2D eigenvalue weighted by molar-refractivity contribution is 5.90. The molecule has 32 heavy (non-hydrogen) atoms. The zero-order valence-corrected chi connectivity index (χ0v) is 18.5. The van der Waals surface area contributed by atoms with Crippen molar-refractivity contribution in [2.24, 2.45) is 0 Å². The van der Waals surface area contributed by atoms with Crippen molar-refractivity contribution in [2.75, 3.05) is 26.2 Å². The molecule has 0 aromatic heterocycles. The van der Waals surface area contributed by atoms with Crippen molar-refractivity contribution in [1.29, 1.82) is 0 Å². The minimum Gasteiger partial charge on any atom is -0.336 e. The molecule has 6 heteroatoms. The summed E-state index contributed by atoms with van der Waals surface area (Å²) in [4.78, 5) is 30.2. The Morgan fingerprint density at radius 2 is 1.69 bits per heavy atom. The highest BCUT2D eigenvalue weighted by Gasteiger charge is 2.46. The third-order valence-corrected chi connectivity index (χ3v) is 6.26. The third-order valence-electron chi connectivity index (χ3n) is 6.26. The fourth-order valence-electron chi connectivity index (χ4n) is 4.79. The van der Waals surface area contributed by atoms with Gasteiger partial charge in [0.05, 0.1) is 19.6 Å². The number of carbonyl (C=O) groups is 2. The summed E-state index contributed by atoms with van der Waals surface area (Å²) < 4.78 is 0. The number of amides is 2. The number of hydrazine groups is 1. The van der Waals surface area contributed by atoms with Crippen LogP contribution in [-0.4, -0.2) is 65.0 Å². The number of piperazine rings is 1. The maximum absolute atomic E-state index is 13.6. The largest absolute Gasteiger partial charge is 0.336 e. The number of hydrogen-bond donors (Lipinski definition) is 1. The first-order valence-electron chi connectivity index (χ1n) is 11.3. The van der Waals surface area contributed by atoms with Gasteiger partial charge in [-0.15, -0.1) is 6.42 Å². The number of rotatable bonds is 7. The SMILES string of the molecule is C#CCN1CC(=O)N2[C@H](CN(CC(c3ccccc3)c3ccccc3)C(=O)[C@@H]2CCC)N1. The second-order valence-electron chi connectivity index (χ2n) is 8.43. The second kappa shape index (κ2) is 9.99. The van der Waals surface area contributed by atoms with Gasteiger partial charge < -0.3 is 9.80 Å². The molecule has 2 saturated heterocycles. The van der Waals surface area contributed by atoms with E-state index in [1.54, 1.807) is 9.91 Å². The Bertz CT molecular complexity index is 933. The molecule has 0 unspecified atom stereocenters. The van der Waals surface area contributed by atoms with Crippen LogP contribution in [0.5, 0.6) is 0 Å². The molecule has 0 radical (unpaired) electrons. The molecule has 0 aliphatic carbocycles. The van der Waals surface area contributed by atoms with Crippen LogP contribution in [0.1, 0.15) is 36.8 Å². The molecular weight excluding hydrogens is 400 g/mol. The highest BCUT2D eigenvalue weighted by Crippen LogP contribution is 2.29. The standard InChI is InChI=1S/C26H30N4O2/c1-3-11-23-26(32)28(18-24-27-29(16-4-2)19-25(31)30(23)24)17-22(20-12-7-5-8-13-20)21-14-9-6-10-15-21/h2,5-10,12-15,22-24,27H,3,11,16-19H2,1H3/t23-,24+/m0/s1. The van der Waals surface area contributed by atoms with Crippen LogP contribution < -0.4 is 5.43 Å². The first-order chi connectivity index (χ1) is 15.6. The Hall–Kier alpha value is -3.14. The molecule has 2 fully saturated rings. The van der Waals surface area contributed by atoms with Crippen molar-refractivity contribution < 1.29 is 9.59 Å². The van der Waals surface area contributed by atoms with Crippen molar-refractivity contribution in [3.05, 3.63) is 71.8 Å². The van der Waals surface area contributed by atoms with Gasteiger partial charge in [0.15, 0.2) is 0 Å². The fraction of sp³-hybridized carbons (Fsp3) is 0.385. The van der Waals surface area contributed by atoms with Crippen LogP contribution in [-0.2, 0) is 9.59 Å². The smallest absolute Gasteiger partial charge is 0.245 e. The molecule has 166 valence electrons. The maximum atomic E-state index is 13.6. The number of hydrogen-bond acceptors (Lipinski definition) is 4. The Balaban J connectivity index is 1.63. The molecule has 2 aromatic rings. The van der Waals surface area contributed by atoms with Crippen molar-refractivity contribution >= 4 is 11.8 Å². The van der Waals surface area contributed by atoms with Crippen molar-refractivity contribution in [1.82, 2.24) is 20.2 Å². The molecular formula is C26H30N4O2. The first-order valence-corrected chi connectivity index (χ1v) is 11.3. The number of nitrogens with zero attached hydrogens (tertiary/aromatic N) is 3. The van der Waals surface area contributed by atoms with Gasteiger partial charge in [-0.2, -0.15) is 0 Å². The predicted octanol–water partition coefficient (Wildman–Crippen LogP) is 2.44. The van der Waals surface area contributed by atoms with Crippen molar-refractivity contribution in [3.63, 3.8) is 0 Å². The minimum atomic E-state index is -0.445. The Labute approximate surface area is 190 Å². The molecule has 6 nitrogen and oxygen atoms in total. The lowest BCUT2D eigenvalue weighted by Gasteiger charge is -2.51. The normalized spacial score (nSPS) is 21.5. The van der Waals surface area contributed by atoms with E-state index in [4.69, 9.17) is 6.42 Å². The van der Waals surface area contributed by atoms with Gasteiger partial charge in [0.25, 0.3) is 0 Å². The number of terminal acetylenes is 1. The highest BCUT2D eigenvalue weighted by atomic mass is 16.2. The summed E-state index contributed by atoms with van der Waals surface area (Å²) in [5.41, 5.74) is 5.72. The molecule has 2 amide bonds. The zero-order valence-electron chi connectivity index (χ0n) is 18.5. The fourth-order valence-corrected chi connectivity index (χ4v) is 4.79. The molecule has 2 aromatic carbocycles. The van der Waals surface area contributed by atoms with Crippen molar-refractivity contribution in [3.8, 4) is 12.3 Å². The molecule has 0 bridgehead atoms. The van der Waals surface area contributed by atoms with Crippen molar-refractivity contribution in [2.45, 2.75) is 37.9 Å². The molecule has 2 atom stereocenters. The average Bonchev–Trinajstić information content (AvgIpc) is 2.81. The minimum absolute atomic E-state index is 0.0283. The maximum Gasteiger partial charge on any atom is 0.245 e. The van der Waals surface area contributed by atoms with Gasteiger partial charge in [0.1, 0.15) is 12.2 Å². The van der Waals surface area contributed by atoms with E-state index in [1.165, 1.54) is 11.1 Å². The quantitative estimate of drug-likeness (QED) is 0.686. The van der Waals surface area contributed by atoms with Crippen LogP contribution in [0.2, 0.25) is 0 Å². The van der Waals surface area contributed by atoms with E-state index in [-0.39, 0.29) is 30.4 Å². The Kier molecular flexibility index (Phi) is 6.89. The summed E-state index contributed by atoms with van der Waals surface area (Å²) in [6.07, 6.45) is 6.68. The summed E-state index contributed by atoms with van der Waals surface area (Å²) in [6, 6.07) is 20.1. The molecule has 2 aliphatic heterocycles. The first kappa shape index (κ1) is 22.1. The van der Waals surface area contributed by atoms with Gasteiger partial charge in [0.2, 0.25) is 11.8 Å². The number of fused-ring (bicyclic) bond motifs is 1. The molecule has 4 rings (SSSR count). The van der Waals surface area contributed by atoms with E-state index in [9.17, 15) is 9.59 Å². The van der Waals surface area contributed by atoms with E-state index < -0.39 is 6.04 Å². The molecule has 1 N–H and O–H groups in total. The predicted molar refractivity (Wildman–Crippen MR) is 124 cm³/mol. The van der Waals surface area contributed by atoms with Gasteiger partial charge in [-0.3, -0.25) is 9.59 Å². The number of carbonyl (C=O) groups excluding carboxylic acids is 2. The van der Waals surface area contributed by atoms with E-state index in [1.807, 2.05) is 48.2 Å². The summed E-state index contributed by atoms with van der Waals surface area (Å²) >= 11 is 0. The lowest BCUT2D eigenvalue weighted by Crippen LogP contribution is -2.74. The molecule has 2 heterocycles. The van der Waals surface area contributed by atoms with Gasteiger partial charge in [-0.05, 0) is 17.5 Å². The van der Waals surface area contributed by atoms with E-state index in [0.29, 0.717) is 26.1 Å². The van der Waals surface area contributed by atoms with E-state index in [0.717, 1.165) is 6.42 Å². The van der Waals surface area contributed by atoms with E-state index in [2.05, 4.69) is 35.6 Å². The van der Waals surface area contributed by atoms with E-state index >= 15 is 0 Å². The zero-order chi connectivity index (χ0) is 22.5. The van der Waals surface area contributed by atoms with Crippen LogP contribution in [0.15, 0.2) is 60.7 Å². The van der Waals surface area contributed by atoms with Crippen LogP contribution in [0.3, 0.4) is 0 Å². The summed E-state index contributed by atoms with van der Waals surface area (Å²) in [6.45, 7) is 3.57. The Morgan fingerprint density at radius 1 is 1.06 bits per heavy atom. The summed E-state index contributed by atoms with van der Waals surface area (Å²) in [5.74, 6) is 2.63. The second-order valence-corrected chi connectivity index (χ2v) is 8.43. The number of nitrogens with one attached hydrogen (secondary N) is 1. The van der Waals surface area contributed by atoms with Gasteiger partial charge in [-0.1, -0.05) is 79.9 Å². The van der Waals surface area contributed by atoms with Crippen LogP contribution in [0.25, 0.3) is 0 Å². The monoisotopic (exact) mass is 430 g/mol. The van der Waals surface area contributed by atoms with Crippen LogP contribution in [0, 0.1) is 12.3 Å². The molecule has 0 saturated carbocycles. The average molecular weight is 431 g/mol. The Morgan fingerprint density at radius 3 is 2.25 bits per heavy atom. The molecule has 2 aliphatic rings. The molecule has 0 spiro atoms. The summed E-state index contributed by atoms with van der Waals surface area (Å²) in [7, 11) is 0. The van der Waals surface area contributed by atoms with Crippen LogP contribution in [0.4, 0.5) is 0 Å². The summed E-state index contributed by atoms with van der Waals surface area (Å²) in [5, 5.41) is 1.77. The number of benzene rings is 2. The van der Waals surface area contributed by atoms with Gasteiger partial charge in [-0.25, -0.2) is 10.4 Å².